The van der Waals surface area contributed by atoms with Gasteiger partial charge >= 0.3 is 0 Å². The summed E-state index contributed by atoms with van der Waals surface area (Å²) in [6, 6.07) is 9.19. The molecule has 0 N–H and O–H groups in total. The minimum absolute atomic E-state index is 0.179. The summed E-state index contributed by atoms with van der Waals surface area (Å²) < 4.78 is 12.3. The lowest BCUT2D eigenvalue weighted by Crippen LogP contribution is -2.29. The van der Waals surface area contributed by atoms with Crippen LogP contribution in [0, 0.1) is 35.5 Å². The lowest BCUT2D eigenvalue weighted by atomic mass is 9.64. The minimum Gasteiger partial charge on any atom is -0.251 e. The summed E-state index contributed by atoms with van der Waals surface area (Å²) in [7, 11) is 0. The monoisotopic (exact) mass is 454 g/mol. The van der Waals surface area contributed by atoms with Crippen LogP contribution in [0.1, 0.15) is 121 Å². The van der Waals surface area contributed by atoms with Crippen molar-refractivity contribution in [3.8, 4) is 0 Å². The molecule has 0 radical (unpaired) electrons. The molecule has 3 aliphatic carbocycles. The van der Waals surface area contributed by atoms with Crippen LogP contribution in [0.2, 0.25) is 0 Å². The molecule has 0 spiro atoms. The van der Waals surface area contributed by atoms with Crippen LogP contribution in [-0.4, -0.2) is 6.67 Å². The molecule has 0 bridgehead atoms. The number of hydrogen-bond acceptors (Lipinski definition) is 0. The van der Waals surface area contributed by atoms with Gasteiger partial charge in [0.2, 0.25) is 0 Å². The number of aryl methyl sites for hydroxylation is 2. The highest BCUT2D eigenvalue weighted by Gasteiger charge is 2.34. The molecular weight excluding hydrogens is 403 g/mol. The van der Waals surface area contributed by atoms with Crippen molar-refractivity contribution in [2.45, 2.75) is 122 Å². The fourth-order valence-corrected chi connectivity index (χ4v) is 7.77. The quantitative estimate of drug-likeness (QED) is 0.309. The number of rotatable bonds is 10. The summed E-state index contributed by atoms with van der Waals surface area (Å²) in [5.74, 6) is 6.25. The van der Waals surface area contributed by atoms with E-state index in [1.807, 2.05) is 0 Å². The van der Waals surface area contributed by atoms with E-state index in [1.54, 1.807) is 38.5 Å². The first-order valence-corrected chi connectivity index (χ1v) is 14.9. The molecule has 0 nitrogen and oxygen atoms in total. The smallest absolute Gasteiger partial charge is 0.0894 e. The van der Waals surface area contributed by atoms with Gasteiger partial charge in [-0.1, -0.05) is 63.3 Å². The van der Waals surface area contributed by atoms with Crippen LogP contribution < -0.4 is 0 Å². The Morgan fingerprint density at radius 3 is 1.45 bits per heavy atom. The maximum atomic E-state index is 12.3. The predicted octanol–water partition coefficient (Wildman–Crippen LogP) is 9.74. The van der Waals surface area contributed by atoms with Gasteiger partial charge in [-0.2, -0.15) is 0 Å². The Bertz CT molecular complexity index is 640. The van der Waals surface area contributed by atoms with E-state index in [0.29, 0.717) is 6.42 Å². The van der Waals surface area contributed by atoms with Crippen molar-refractivity contribution >= 4 is 0 Å². The van der Waals surface area contributed by atoms with Crippen LogP contribution in [0.5, 0.6) is 0 Å². The van der Waals surface area contributed by atoms with Crippen LogP contribution in [0.4, 0.5) is 4.39 Å². The molecule has 3 fully saturated rings. The second-order valence-corrected chi connectivity index (χ2v) is 12.1. The Labute approximate surface area is 204 Å². The summed E-state index contributed by atoms with van der Waals surface area (Å²) in [5, 5.41) is 0. The molecule has 33 heavy (non-hydrogen) atoms. The molecule has 1 aromatic rings. The average molecular weight is 455 g/mol. The maximum Gasteiger partial charge on any atom is 0.0894 e. The average Bonchev–Trinajstić information content (AvgIpc) is 2.89. The van der Waals surface area contributed by atoms with E-state index in [9.17, 15) is 4.39 Å². The third kappa shape index (κ3) is 7.57. The molecule has 1 heteroatoms. The molecule has 0 heterocycles. The third-order valence-corrected chi connectivity index (χ3v) is 10.2. The van der Waals surface area contributed by atoms with Gasteiger partial charge in [-0.15, -0.1) is 0 Å². The first kappa shape index (κ1) is 25.2. The van der Waals surface area contributed by atoms with E-state index in [-0.39, 0.29) is 6.67 Å². The van der Waals surface area contributed by atoms with Gasteiger partial charge in [0.1, 0.15) is 0 Å². The lowest BCUT2D eigenvalue weighted by Gasteiger charge is -2.41. The summed E-state index contributed by atoms with van der Waals surface area (Å²) in [6.45, 7) is 2.21. The topological polar surface area (TPSA) is 0 Å². The third-order valence-electron chi connectivity index (χ3n) is 10.2. The SMILES string of the molecule is CC[C@H]1CC[C@H]([C@H]2CC[C@H]([C@H]3CC[C@H](CCc4ccc(CCCCF)cc4)CC3)CC2)CC1. The second kappa shape index (κ2) is 13.3. The molecule has 186 valence electrons. The molecule has 0 unspecified atom stereocenters. The van der Waals surface area contributed by atoms with E-state index in [2.05, 4.69) is 31.2 Å². The van der Waals surface area contributed by atoms with Gasteiger partial charge in [0.25, 0.3) is 0 Å². The van der Waals surface area contributed by atoms with E-state index < -0.39 is 0 Å². The van der Waals surface area contributed by atoms with E-state index in [4.69, 9.17) is 0 Å². The maximum absolute atomic E-state index is 12.3. The van der Waals surface area contributed by atoms with Crippen molar-refractivity contribution in [2.24, 2.45) is 35.5 Å². The van der Waals surface area contributed by atoms with Gasteiger partial charge < -0.3 is 0 Å². The van der Waals surface area contributed by atoms with Crippen LogP contribution in [-0.2, 0) is 12.8 Å². The van der Waals surface area contributed by atoms with Gasteiger partial charge in [0.05, 0.1) is 6.67 Å². The Kier molecular flexibility index (Phi) is 10.2. The normalized spacial score (nSPS) is 33.2. The molecule has 0 atom stereocenters. The zero-order valence-electron chi connectivity index (χ0n) is 21.6. The molecule has 0 aliphatic heterocycles. The van der Waals surface area contributed by atoms with Crippen molar-refractivity contribution < 1.29 is 4.39 Å². The number of unbranched alkanes of at least 4 members (excludes halogenated alkanes) is 1. The van der Waals surface area contributed by atoms with Crippen LogP contribution in [0.3, 0.4) is 0 Å². The van der Waals surface area contributed by atoms with Crippen molar-refractivity contribution in [3.63, 3.8) is 0 Å². The molecular formula is C32H51F. The number of halogens is 1. The van der Waals surface area contributed by atoms with E-state index in [1.165, 1.54) is 68.9 Å². The predicted molar refractivity (Wildman–Crippen MR) is 140 cm³/mol. The number of alkyl halides is 1. The largest absolute Gasteiger partial charge is 0.251 e. The number of benzene rings is 1. The van der Waals surface area contributed by atoms with Crippen LogP contribution in [0.15, 0.2) is 24.3 Å². The Hall–Kier alpha value is -0.850. The van der Waals surface area contributed by atoms with Gasteiger partial charge in [0.15, 0.2) is 0 Å². The molecule has 0 amide bonds. The van der Waals surface area contributed by atoms with Gasteiger partial charge in [-0.05, 0) is 130 Å². The Balaban J connectivity index is 1.11. The van der Waals surface area contributed by atoms with Crippen molar-refractivity contribution in [3.05, 3.63) is 35.4 Å². The van der Waals surface area contributed by atoms with Gasteiger partial charge in [-0.3, -0.25) is 4.39 Å². The van der Waals surface area contributed by atoms with E-state index >= 15 is 0 Å². The Morgan fingerprint density at radius 2 is 1.00 bits per heavy atom. The van der Waals surface area contributed by atoms with Crippen molar-refractivity contribution in [1.29, 1.82) is 0 Å². The highest BCUT2D eigenvalue weighted by atomic mass is 19.1. The fraction of sp³-hybridized carbons (Fsp3) is 0.812. The zero-order valence-corrected chi connectivity index (χ0v) is 21.6. The Morgan fingerprint density at radius 1 is 0.576 bits per heavy atom. The second-order valence-electron chi connectivity index (χ2n) is 12.1. The molecule has 4 rings (SSSR count). The van der Waals surface area contributed by atoms with Crippen molar-refractivity contribution in [2.75, 3.05) is 6.67 Å². The minimum atomic E-state index is -0.179. The highest BCUT2D eigenvalue weighted by Crippen LogP contribution is 2.46. The standard InChI is InChI=1S/C32H51F/c1-2-25-12-16-29(17-13-25)31-20-22-32(23-21-31)30-18-14-28(15-19-30)11-10-27-8-6-26(7-9-27)5-3-4-24-33/h6-9,25,28-32H,2-5,10-24H2,1H3/t25-,28-,29-,30-,31-,32-. The first-order chi connectivity index (χ1) is 16.2. The van der Waals surface area contributed by atoms with Crippen LogP contribution in [0.25, 0.3) is 0 Å². The summed E-state index contributed by atoms with van der Waals surface area (Å²) in [5.41, 5.74) is 2.87. The summed E-state index contributed by atoms with van der Waals surface area (Å²) in [6.07, 6.45) is 25.0. The summed E-state index contributed by atoms with van der Waals surface area (Å²) >= 11 is 0. The first-order valence-electron chi connectivity index (χ1n) is 14.9. The highest BCUT2D eigenvalue weighted by molar-refractivity contribution is 5.22. The molecule has 3 aliphatic rings. The fourth-order valence-electron chi connectivity index (χ4n) is 7.77. The van der Waals surface area contributed by atoms with Crippen LogP contribution >= 0.6 is 0 Å². The molecule has 0 aromatic heterocycles. The molecule has 3 saturated carbocycles. The molecule has 0 saturated heterocycles. The number of hydrogen-bond donors (Lipinski definition) is 0. The van der Waals surface area contributed by atoms with E-state index in [0.717, 1.165) is 48.3 Å². The van der Waals surface area contributed by atoms with Gasteiger partial charge in [-0.25, -0.2) is 0 Å². The summed E-state index contributed by atoms with van der Waals surface area (Å²) in [4.78, 5) is 0. The zero-order chi connectivity index (χ0) is 22.9. The lowest BCUT2D eigenvalue weighted by molar-refractivity contribution is 0.103. The molecule has 1 aromatic carbocycles. The van der Waals surface area contributed by atoms with Gasteiger partial charge in [0, 0.05) is 0 Å². The van der Waals surface area contributed by atoms with Crippen molar-refractivity contribution in [1.82, 2.24) is 0 Å².